The van der Waals surface area contributed by atoms with Crippen molar-refractivity contribution >= 4 is 51.8 Å². The highest BCUT2D eigenvalue weighted by molar-refractivity contribution is 7.07. The number of fused-ring (bicyclic) bond motifs is 1. The standard InChI is InChI=1S/C20H16Cl2N4O2S/c1-11(14-5-4-13(21)8-15(14)22)25-26-17(10-29-20(26)23-2)12-3-6-18-16(7-12)24-19(27)9-28-18/h3-8,10H,9H2,1-2H3,(H,24,27). The van der Waals surface area contributed by atoms with Gasteiger partial charge in [-0.2, -0.15) is 5.10 Å². The summed E-state index contributed by atoms with van der Waals surface area (Å²) >= 11 is 13.8. The number of ether oxygens (including phenoxy) is 1. The molecule has 148 valence electrons. The summed E-state index contributed by atoms with van der Waals surface area (Å²) in [4.78, 5) is 16.7. The van der Waals surface area contributed by atoms with Crippen LogP contribution in [-0.2, 0) is 4.79 Å². The molecule has 0 spiro atoms. The highest BCUT2D eigenvalue weighted by Gasteiger charge is 2.18. The molecule has 0 radical (unpaired) electrons. The van der Waals surface area contributed by atoms with Crippen LogP contribution in [-0.4, -0.2) is 29.9 Å². The topological polar surface area (TPSA) is 68.0 Å². The number of rotatable bonds is 3. The molecule has 2 aromatic carbocycles. The van der Waals surface area contributed by atoms with Crippen LogP contribution in [0, 0.1) is 0 Å². The second-order valence-corrected chi connectivity index (χ2v) is 7.98. The summed E-state index contributed by atoms with van der Waals surface area (Å²) in [6, 6.07) is 10.9. The number of carbonyl (C=O) groups is 1. The van der Waals surface area contributed by atoms with Crippen LogP contribution in [0.2, 0.25) is 10.0 Å². The number of amides is 1. The lowest BCUT2D eigenvalue weighted by Crippen LogP contribution is -2.25. The Morgan fingerprint density at radius 1 is 1.24 bits per heavy atom. The molecule has 0 unspecified atom stereocenters. The molecule has 6 nitrogen and oxygen atoms in total. The minimum atomic E-state index is -0.177. The van der Waals surface area contributed by atoms with Crippen molar-refractivity contribution in [2.45, 2.75) is 6.92 Å². The molecule has 1 N–H and O–H groups in total. The minimum Gasteiger partial charge on any atom is -0.482 e. The Balaban J connectivity index is 1.81. The number of benzene rings is 2. The number of aromatic nitrogens is 1. The van der Waals surface area contributed by atoms with Gasteiger partial charge in [0.05, 0.1) is 22.1 Å². The van der Waals surface area contributed by atoms with Gasteiger partial charge in [-0.05, 0) is 37.3 Å². The van der Waals surface area contributed by atoms with Gasteiger partial charge in [0.2, 0.25) is 4.80 Å². The van der Waals surface area contributed by atoms with Crippen LogP contribution in [0.15, 0.2) is 51.9 Å². The Kier molecular flexibility index (Phi) is 5.45. The van der Waals surface area contributed by atoms with Gasteiger partial charge in [0.1, 0.15) is 5.75 Å². The van der Waals surface area contributed by atoms with Crippen LogP contribution in [0.3, 0.4) is 0 Å². The van der Waals surface area contributed by atoms with Crippen molar-refractivity contribution in [3.05, 3.63) is 62.2 Å². The Labute approximate surface area is 181 Å². The highest BCUT2D eigenvalue weighted by atomic mass is 35.5. The molecule has 1 aliphatic rings. The maximum atomic E-state index is 11.7. The molecule has 1 amide bonds. The zero-order chi connectivity index (χ0) is 20.5. The van der Waals surface area contributed by atoms with Crippen LogP contribution in [0.25, 0.3) is 11.3 Å². The van der Waals surface area contributed by atoms with Crippen molar-refractivity contribution in [3.63, 3.8) is 0 Å². The van der Waals surface area contributed by atoms with Gasteiger partial charge in [0, 0.05) is 28.6 Å². The molecule has 9 heteroatoms. The minimum absolute atomic E-state index is 0.0228. The molecule has 1 aromatic heterocycles. The third-order valence-electron chi connectivity index (χ3n) is 4.36. The van der Waals surface area contributed by atoms with Crippen molar-refractivity contribution in [1.29, 1.82) is 0 Å². The highest BCUT2D eigenvalue weighted by Crippen LogP contribution is 2.33. The molecule has 0 saturated carbocycles. The third-order valence-corrected chi connectivity index (χ3v) is 5.81. The number of hydrogen-bond donors (Lipinski definition) is 1. The lowest BCUT2D eigenvalue weighted by molar-refractivity contribution is -0.118. The predicted octanol–water partition coefficient (Wildman–Crippen LogP) is 4.66. The molecule has 29 heavy (non-hydrogen) atoms. The predicted molar refractivity (Wildman–Crippen MR) is 117 cm³/mol. The van der Waals surface area contributed by atoms with Crippen molar-refractivity contribution in [2.24, 2.45) is 10.1 Å². The van der Waals surface area contributed by atoms with Gasteiger partial charge in [0.25, 0.3) is 5.91 Å². The van der Waals surface area contributed by atoms with Crippen LogP contribution in [0.4, 0.5) is 5.69 Å². The van der Waals surface area contributed by atoms with Crippen LogP contribution >= 0.6 is 34.5 Å². The Morgan fingerprint density at radius 2 is 2.07 bits per heavy atom. The average molecular weight is 447 g/mol. The van der Waals surface area contributed by atoms with Gasteiger partial charge >= 0.3 is 0 Å². The van der Waals surface area contributed by atoms with Gasteiger partial charge in [-0.15, -0.1) is 11.3 Å². The summed E-state index contributed by atoms with van der Waals surface area (Å²) in [6.45, 7) is 1.90. The van der Waals surface area contributed by atoms with Gasteiger partial charge < -0.3 is 10.1 Å². The quantitative estimate of drug-likeness (QED) is 0.594. The maximum absolute atomic E-state index is 11.7. The molecular weight excluding hydrogens is 431 g/mol. The fourth-order valence-corrected chi connectivity index (χ4v) is 4.32. The van der Waals surface area contributed by atoms with Crippen molar-refractivity contribution < 1.29 is 9.53 Å². The monoisotopic (exact) mass is 446 g/mol. The van der Waals surface area contributed by atoms with Gasteiger partial charge in [-0.25, -0.2) is 4.68 Å². The molecule has 0 bridgehead atoms. The molecule has 1 aliphatic heterocycles. The van der Waals surface area contributed by atoms with Gasteiger partial charge in [-0.3, -0.25) is 9.79 Å². The number of anilines is 1. The molecule has 0 aliphatic carbocycles. The van der Waals surface area contributed by atoms with Crippen LogP contribution in [0.1, 0.15) is 12.5 Å². The largest absolute Gasteiger partial charge is 0.482 e. The molecule has 0 fully saturated rings. The van der Waals surface area contributed by atoms with E-state index in [1.54, 1.807) is 23.9 Å². The molecule has 0 atom stereocenters. The number of hydrogen-bond acceptors (Lipinski definition) is 5. The first kappa shape index (κ1) is 19.7. The number of nitrogens with one attached hydrogen (secondary N) is 1. The first-order chi connectivity index (χ1) is 14.0. The van der Waals surface area contributed by atoms with Crippen molar-refractivity contribution in [1.82, 2.24) is 4.68 Å². The average Bonchev–Trinajstić information content (AvgIpc) is 3.09. The second-order valence-electron chi connectivity index (χ2n) is 6.30. The molecule has 0 saturated heterocycles. The van der Waals surface area contributed by atoms with Gasteiger partial charge in [-0.1, -0.05) is 29.3 Å². The number of thiazole rings is 1. The van der Waals surface area contributed by atoms with E-state index >= 15 is 0 Å². The zero-order valence-electron chi connectivity index (χ0n) is 15.6. The van der Waals surface area contributed by atoms with Crippen LogP contribution in [0.5, 0.6) is 5.75 Å². The van der Waals surface area contributed by atoms with E-state index in [0.717, 1.165) is 27.3 Å². The Hall–Kier alpha value is -2.61. The van der Waals surface area contributed by atoms with E-state index in [0.29, 0.717) is 21.5 Å². The summed E-state index contributed by atoms with van der Waals surface area (Å²) in [5.74, 6) is 0.464. The Morgan fingerprint density at radius 3 is 2.83 bits per heavy atom. The zero-order valence-corrected chi connectivity index (χ0v) is 17.9. The number of halogens is 2. The van der Waals surface area contributed by atoms with Crippen LogP contribution < -0.4 is 14.9 Å². The van der Waals surface area contributed by atoms with E-state index in [-0.39, 0.29) is 12.5 Å². The van der Waals surface area contributed by atoms with Crippen molar-refractivity contribution in [2.75, 3.05) is 19.0 Å². The number of carbonyl (C=O) groups excluding carboxylic acids is 1. The first-order valence-corrected chi connectivity index (χ1v) is 10.3. The fourth-order valence-electron chi connectivity index (χ4n) is 2.98. The van der Waals surface area contributed by atoms with Gasteiger partial charge in [0.15, 0.2) is 6.61 Å². The lowest BCUT2D eigenvalue weighted by Gasteiger charge is -2.18. The summed E-state index contributed by atoms with van der Waals surface area (Å²) in [5.41, 5.74) is 3.85. The second kappa shape index (κ2) is 8.02. The van der Waals surface area contributed by atoms with E-state index in [4.69, 9.17) is 33.0 Å². The maximum Gasteiger partial charge on any atom is 0.262 e. The molecule has 3 aromatic rings. The first-order valence-electron chi connectivity index (χ1n) is 8.67. The van der Waals surface area contributed by atoms with E-state index < -0.39 is 0 Å². The lowest BCUT2D eigenvalue weighted by atomic mass is 10.1. The van der Waals surface area contributed by atoms with Crippen molar-refractivity contribution in [3.8, 4) is 17.0 Å². The summed E-state index contributed by atoms with van der Waals surface area (Å²) in [7, 11) is 1.72. The normalized spacial score (nSPS) is 14.4. The third kappa shape index (κ3) is 3.94. The number of nitrogens with zero attached hydrogens (tertiary/aromatic N) is 3. The molecule has 2 heterocycles. The summed E-state index contributed by atoms with van der Waals surface area (Å²) in [5, 5.41) is 10.7. The van der Waals surface area contributed by atoms with E-state index in [1.807, 2.05) is 36.6 Å². The summed E-state index contributed by atoms with van der Waals surface area (Å²) < 4.78 is 7.20. The smallest absolute Gasteiger partial charge is 0.262 e. The Bertz CT molecular complexity index is 1210. The fraction of sp³-hybridized carbons (Fsp3) is 0.150. The SMILES string of the molecule is CN=c1scc(-c2ccc3c(c2)NC(=O)CO3)n1N=C(C)c1ccc(Cl)cc1Cl. The van der Waals surface area contributed by atoms with E-state index in [2.05, 4.69) is 10.3 Å². The van der Waals surface area contributed by atoms with E-state index in [1.165, 1.54) is 11.3 Å². The molecule has 4 rings (SSSR count). The van der Waals surface area contributed by atoms with E-state index in [9.17, 15) is 4.79 Å². The summed E-state index contributed by atoms with van der Waals surface area (Å²) in [6.07, 6.45) is 0. The molecular formula is C20H16Cl2N4O2S.